The zero-order chi connectivity index (χ0) is 41.8. The van der Waals surface area contributed by atoms with Gasteiger partial charge >= 0.3 is 0 Å². The normalized spacial score (nSPS) is 43.3. The van der Waals surface area contributed by atoms with Gasteiger partial charge in [0.2, 0.25) is 17.7 Å². The minimum absolute atomic E-state index is 0.273. The van der Waals surface area contributed by atoms with E-state index in [1.54, 1.807) is 0 Å². The molecule has 2 unspecified atom stereocenters. The van der Waals surface area contributed by atoms with Crippen LogP contribution in [0.25, 0.3) is 0 Å². The minimum Gasteiger partial charge on any atom is -0.394 e. The van der Waals surface area contributed by atoms with E-state index in [-0.39, 0.29) is 5.92 Å². The van der Waals surface area contributed by atoms with E-state index in [4.69, 9.17) is 14.2 Å². The number of nitrogens with one attached hydrogen (secondary N) is 4. The van der Waals surface area contributed by atoms with Crippen molar-refractivity contribution in [2.24, 2.45) is 5.92 Å². The van der Waals surface area contributed by atoms with Crippen LogP contribution in [-0.2, 0) is 28.6 Å². The van der Waals surface area contributed by atoms with Crippen LogP contribution in [0.4, 0.5) is 0 Å². The van der Waals surface area contributed by atoms with Crippen LogP contribution < -0.4 is 21.3 Å². The Bertz CT molecular complexity index is 1290. The minimum atomic E-state index is -2.04. The number of carbonyl (C=O) groups excluding carboxylic acids is 3. The zero-order valence-corrected chi connectivity index (χ0v) is 31.9. The summed E-state index contributed by atoms with van der Waals surface area (Å²) in [4.78, 5) is 39.1. The zero-order valence-electron chi connectivity index (χ0n) is 31.1. The molecule has 0 aromatic rings. The summed E-state index contributed by atoms with van der Waals surface area (Å²) in [5.41, 5.74) is -1.42. The fourth-order valence-corrected chi connectivity index (χ4v) is 8.62. The van der Waals surface area contributed by atoms with Gasteiger partial charge in [-0.05, 0) is 32.2 Å². The molecular formula is C33H58N4O18S. The Labute approximate surface area is 326 Å². The van der Waals surface area contributed by atoms with Crippen LogP contribution >= 0.6 is 11.8 Å². The molecule has 3 aliphatic heterocycles. The molecule has 22 nitrogen and oxygen atoms in total. The summed E-state index contributed by atoms with van der Waals surface area (Å²) in [7, 11) is 0. The van der Waals surface area contributed by atoms with Crippen molar-refractivity contribution in [1.82, 2.24) is 21.3 Å². The van der Waals surface area contributed by atoms with E-state index in [9.17, 15) is 75.7 Å². The van der Waals surface area contributed by atoms with Crippen molar-refractivity contribution < 1.29 is 89.9 Å². The molecule has 4 fully saturated rings. The third-order valence-corrected chi connectivity index (χ3v) is 11.9. The molecule has 324 valence electrons. The molecule has 3 amide bonds. The number of hydrogen-bond acceptors (Lipinski definition) is 20. The Kier molecular flexibility index (Phi) is 17.0. The molecule has 0 bridgehead atoms. The van der Waals surface area contributed by atoms with E-state index < -0.39 is 151 Å². The largest absolute Gasteiger partial charge is 0.394 e. The van der Waals surface area contributed by atoms with Crippen molar-refractivity contribution in [2.75, 3.05) is 18.9 Å². The average Bonchev–Trinajstić information content (AvgIpc) is 3.63. The third kappa shape index (κ3) is 10.6. The summed E-state index contributed by atoms with van der Waals surface area (Å²) in [6.45, 7) is 4.18. The van der Waals surface area contributed by atoms with E-state index in [2.05, 4.69) is 21.3 Å². The SMILES string of the molecule is CCC[C@H]1CN[C@H](C(=O)N[C@@H]([C@H]2O[C@H](SC[C@H](NC(C)=O)C(=O)N[C@H]3[C@@H](OC4[C@H](O)[C@H](O)C(O)[C@H](O)[C@H]4O)O[C@H](CO)[C@@H](O)[C@@H]3O)[C@H](O)[C@@H](O)[C@H]2O)[C@@H](C)O)C1. The maximum Gasteiger partial charge on any atom is 0.243 e. The molecule has 56 heavy (non-hydrogen) atoms. The molecule has 1 saturated carbocycles. The quantitative estimate of drug-likeness (QED) is 0.0728. The van der Waals surface area contributed by atoms with E-state index >= 15 is 0 Å². The highest BCUT2D eigenvalue weighted by Crippen LogP contribution is 2.33. The lowest BCUT2D eigenvalue weighted by atomic mass is 9.84. The Morgan fingerprint density at radius 3 is 2.02 bits per heavy atom. The predicted octanol–water partition coefficient (Wildman–Crippen LogP) is -8.20. The summed E-state index contributed by atoms with van der Waals surface area (Å²) < 4.78 is 17.0. The summed E-state index contributed by atoms with van der Waals surface area (Å²) in [5, 5.41) is 136. The maximum atomic E-state index is 13.7. The van der Waals surface area contributed by atoms with Gasteiger partial charge in [-0.3, -0.25) is 14.4 Å². The number of aliphatic hydroxyl groups excluding tert-OH is 12. The number of hydrogen-bond donors (Lipinski definition) is 16. The highest BCUT2D eigenvalue weighted by molar-refractivity contribution is 7.99. The van der Waals surface area contributed by atoms with Gasteiger partial charge in [0.25, 0.3) is 0 Å². The van der Waals surface area contributed by atoms with Crippen molar-refractivity contribution in [2.45, 2.75) is 161 Å². The first-order chi connectivity index (χ1) is 26.3. The Balaban J connectivity index is 1.49. The molecule has 1 aliphatic carbocycles. The number of amides is 3. The molecule has 23 heteroatoms. The first-order valence-electron chi connectivity index (χ1n) is 18.6. The lowest BCUT2D eigenvalue weighted by Crippen LogP contribution is -2.70. The van der Waals surface area contributed by atoms with Gasteiger partial charge < -0.3 is 96.8 Å². The van der Waals surface area contributed by atoms with E-state index in [1.165, 1.54) is 6.92 Å². The molecule has 3 heterocycles. The van der Waals surface area contributed by atoms with Crippen LogP contribution in [0.1, 0.15) is 40.0 Å². The van der Waals surface area contributed by atoms with Crippen LogP contribution in [0.5, 0.6) is 0 Å². The average molecular weight is 831 g/mol. The van der Waals surface area contributed by atoms with Gasteiger partial charge in [0.15, 0.2) is 6.29 Å². The number of thioether (sulfide) groups is 1. The molecule has 0 radical (unpaired) electrons. The van der Waals surface area contributed by atoms with E-state index in [0.717, 1.165) is 19.8 Å². The molecule has 0 aromatic carbocycles. The van der Waals surface area contributed by atoms with Crippen molar-refractivity contribution in [1.29, 1.82) is 0 Å². The summed E-state index contributed by atoms with van der Waals surface area (Å²) in [6, 6.07) is -5.15. The Morgan fingerprint density at radius 1 is 0.839 bits per heavy atom. The fraction of sp³-hybridized carbons (Fsp3) is 0.909. The van der Waals surface area contributed by atoms with Crippen LogP contribution in [-0.4, -0.2) is 219 Å². The second kappa shape index (κ2) is 20.4. The van der Waals surface area contributed by atoms with E-state index in [1.807, 2.05) is 6.92 Å². The molecular weight excluding hydrogens is 772 g/mol. The summed E-state index contributed by atoms with van der Waals surface area (Å²) in [5.74, 6) is -2.42. The smallest absolute Gasteiger partial charge is 0.243 e. The topological polar surface area (TPSA) is 370 Å². The van der Waals surface area contributed by atoms with Crippen molar-refractivity contribution in [3.8, 4) is 0 Å². The first-order valence-corrected chi connectivity index (χ1v) is 19.7. The Morgan fingerprint density at radius 2 is 1.45 bits per heavy atom. The van der Waals surface area contributed by atoms with Crippen molar-refractivity contribution in [3.63, 3.8) is 0 Å². The molecule has 4 rings (SSSR count). The maximum absolute atomic E-state index is 13.7. The van der Waals surface area contributed by atoms with Crippen LogP contribution in [0.3, 0.4) is 0 Å². The van der Waals surface area contributed by atoms with Gasteiger partial charge in [-0.2, -0.15) is 0 Å². The summed E-state index contributed by atoms with van der Waals surface area (Å²) in [6.07, 6.45) is -25.1. The van der Waals surface area contributed by atoms with Gasteiger partial charge in [-0.25, -0.2) is 0 Å². The summed E-state index contributed by atoms with van der Waals surface area (Å²) >= 11 is 0.692. The van der Waals surface area contributed by atoms with Gasteiger partial charge in [-0.15, -0.1) is 11.8 Å². The molecule has 21 atom stereocenters. The standard InChI is InChI=1S/C33H58N4O18S/c1-4-5-12-6-13(34-7-12)30(51)36-16(10(2)39)28-24(47)23(46)27(50)33(55-28)56-9-14(35-11(3)40)31(52)37-17-19(42)18(41)15(8-38)53-32(17)54-29-25(48)21(44)20(43)22(45)26(29)49/h10,12-29,32-34,38-39,41-50H,4-9H2,1-3H3,(H,35,40)(H,36,51)(H,37,52)/t10-,12-,13+,14+,15-,16-,17-,18-,19-,20?,21-,22+,23+,24-,25-,26-,27-,28-,29?,32-,33-/m1/s1. The number of ether oxygens (including phenoxy) is 3. The monoisotopic (exact) mass is 830 g/mol. The molecule has 0 aromatic heterocycles. The molecule has 4 aliphatic rings. The van der Waals surface area contributed by atoms with Crippen LogP contribution in [0.2, 0.25) is 0 Å². The number of carbonyl (C=O) groups is 3. The highest BCUT2D eigenvalue weighted by atomic mass is 32.2. The van der Waals surface area contributed by atoms with Crippen LogP contribution in [0.15, 0.2) is 0 Å². The first kappa shape index (κ1) is 46.8. The molecule has 0 spiro atoms. The second-order valence-corrected chi connectivity index (χ2v) is 16.1. The molecule has 3 saturated heterocycles. The molecule has 16 N–H and O–H groups in total. The highest BCUT2D eigenvalue weighted by Gasteiger charge is 2.54. The second-order valence-electron chi connectivity index (χ2n) is 14.9. The number of rotatable bonds is 15. The van der Waals surface area contributed by atoms with Crippen molar-refractivity contribution >= 4 is 29.5 Å². The van der Waals surface area contributed by atoms with Gasteiger partial charge in [0, 0.05) is 12.7 Å². The van der Waals surface area contributed by atoms with Gasteiger partial charge in [-0.1, -0.05) is 13.3 Å². The lowest BCUT2D eigenvalue weighted by Gasteiger charge is -2.47. The van der Waals surface area contributed by atoms with E-state index in [0.29, 0.717) is 24.7 Å². The van der Waals surface area contributed by atoms with Gasteiger partial charge in [0.05, 0.1) is 24.8 Å². The third-order valence-electron chi connectivity index (χ3n) is 10.7. The van der Waals surface area contributed by atoms with Crippen molar-refractivity contribution in [3.05, 3.63) is 0 Å². The van der Waals surface area contributed by atoms with Crippen LogP contribution in [0, 0.1) is 5.92 Å². The van der Waals surface area contributed by atoms with Gasteiger partial charge in [0.1, 0.15) is 96.9 Å². The Hall–Kier alpha value is -1.88. The predicted molar refractivity (Wildman–Crippen MR) is 190 cm³/mol. The fourth-order valence-electron chi connectivity index (χ4n) is 7.44. The number of aliphatic hydroxyl groups is 12. The lowest BCUT2D eigenvalue weighted by molar-refractivity contribution is -0.319.